The maximum Gasteiger partial charge on any atom is 0.377 e. The second-order valence-electron chi connectivity index (χ2n) is 4.50. The van der Waals surface area contributed by atoms with Crippen molar-refractivity contribution in [3.8, 4) is 0 Å². The van der Waals surface area contributed by atoms with Crippen molar-refractivity contribution in [3.63, 3.8) is 0 Å². The standard InChI is InChI=1S/C10H15N3O3/c1-10(5-3-2-4-6(10)11)9-12-7(8(14)15)13-16-9/h6H,2-5,11H2,1H3,(H,14,15). The fourth-order valence-corrected chi connectivity index (χ4v) is 2.17. The highest BCUT2D eigenvalue weighted by Gasteiger charge is 2.41. The molecule has 0 radical (unpaired) electrons. The van der Waals surface area contributed by atoms with Gasteiger partial charge in [0, 0.05) is 6.04 Å². The fourth-order valence-electron chi connectivity index (χ4n) is 2.17. The first-order chi connectivity index (χ1) is 7.54. The lowest BCUT2D eigenvalue weighted by Crippen LogP contribution is -2.45. The summed E-state index contributed by atoms with van der Waals surface area (Å²) in [6.45, 7) is 1.95. The molecule has 88 valence electrons. The normalized spacial score (nSPS) is 30.2. The summed E-state index contributed by atoms with van der Waals surface area (Å²) in [6, 6.07) is -0.0525. The molecule has 0 bridgehead atoms. The summed E-state index contributed by atoms with van der Waals surface area (Å²) >= 11 is 0. The van der Waals surface area contributed by atoms with Gasteiger partial charge < -0.3 is 15.4 Å². The molecular formula is C10H15N3O3. The van der Waals surface area contributed by atoms with Crippen molar-refractivity contribution in [2.75, 3.05) is 0 Å². The van der Waals surface area contributed by atoms with E-state index in [1.807, 2.05) is 6.92 Å². The van der Waals surface area contributed by atoms with Crippen LogP contribution in [0.2, 0.25) is 0 Å². The van der Waals surface area contributed by atoms with Crippen LogP contribution in [0, 0.1) is 0 Å². The van der Waals surface area contributed by atoms with Gasteiger partial charge in [0.05, 0.1) is 5.41 Å². The third-order valence-electron chi connectivity index (χ3n) is 3.39. The summed E-state index contributed by atoms with van der Waals surface area (Å²) in [5.74, 6) is -1.13. The Morgan fingerprint density at radius 1 is 1.62 bits per heavy atom. The van der Waals surface area contributed by atoms with Crippen molar-refractivity contribution < 1.29 is 14.4 Å². The van der Waals surface area contributed by atoms with Gasteiger partial charge >= 0.3 is 5.97 Å². The van der Waals surface area contributed by atoms with Crippen LogP contribution in [0.25, 0.3) is 0 Å². The topological polar surface area (TPSA) is 102 Å². The van der Waals surface area contributed by atoms with Crippen LogP contribution in [0.4, 0.5) is 0 Å². The molecule has 1 saturated carbocycles. The average molecular weight is 225 g/mol. The van der Waals surface area contributed by atoms with Crippen LogP contribution in [0.3, 0.4) is 0 Å². The Morgan fingerprint density at radius 3 is 2.94 bits per heavy atom. The number of carboxylic acids is 1. The Balaban J connectivity index is 2.30. The minimum Gasteiger partial charge on any atom is -0.475 e. The molecule has 0 aromatic carbocycles. The number of hydrogen-bond acceptors (Lipinski definition) is 5. The molecule has 6 nitrogen and oxygen atoms in total. The van der Waals surface area contributed by atoms with Gasteiger partial charge in [-0.25, -0.2) is 4.79 Å². The average Bonchev–Trinajstić information content (AvgIpc) is 2.72. The van der Waals surface area contributed by atoms with Crippen molar-refractivity contribution in [1.82, 2.24) is 10.1 Å². The molecule has 1 fully saturated rings. The van der Waals surface area contributed by atoms with Crippen LogP contribution in [-0.4, -0.2) is 27.3 Å². The number of nitrogens with zero attached hydrogens (tertiary/aromatic N) is 2. The molecule has 2 rings (SSSR count). The molecule has 16 heavy (non-hydrogen) atoms. The first kappa shape index (κ1) is 11.1. The van der Waals surface area contributed by atoms with Gasteiger partial charge in [-0.15, -0.1) is 0 Å². The van der Waals surface area contributed by atoms with Crippen LogP contribution in [0.1, 0.15) is 49.1 Å². The van der Waals surface area contributed by atoms with E-state index in [2.05, 4.69) is 10.1 Å². The van der Waals surface area contributed by atoms with Gasteiger partial charge in [-0.2, -0.15) is 4.98 Å². The second kappa shape index (κ2) is 3.86. The Labute approximate surface area is 92.8 Å². The van der Waals surface area contributed by atoms with Gasteiger partial charge in [0.15, 0.2) is 0 Å². The fraction of sp³-hybridized carbons (Fsp3) is 0.700. The van der Waals surface area contributed by atoms with E-state index in [-0.39, 0.29) is 17.3 Å². The van der Waals surface area contributed by atoms with Gasteiger partial charge in [-0.3, -0.25) is 0 Å². The van der Waals surface area contributed by atoms with Crippen LogP contribution in [0.5, 0.6) is 0 Å². The van der Waals surface area contributed by atoms with Crippen LogP contribution < -0.4 is 5.73 Å². The van der Waals surface area contributed by atoms with Crippen LogP contribution in [0.15, 0.2) is 4.52 Å². The highest BCUT2D eigenvalue weighted by Crippen LogP contribution is 2.37. The van der Waals surface area contributed by atoms with Gasteiger partial charge in [0.2, 0.25) is 5.89 Å². The van der Waals surface area contributed by atoms with E-state index in [1.165, 1.54) is 0 Å². The van der Waals surface area contributed by atoms with Crippen LogP contribution >= 0.6 is 0 Å². The van der Waals surface area contributed by atoms with Gasteiger partial charge in [0.1, 0.15) is 0 Å². The first-order valence-electron chi connectivity index (χ1n) is 5.37. The van der Waals surface area contributed by atoms with E-state index in [0.29, 0.717) is 5.89 Å². The molecule has 1 aromatic heterocycles. The predicted molar refractivity (Wildman–Crippen MR) is 55.1 cm³/mol. The molecule has 0 aliphatic heterocycles. The molecule has 0 saturated heterocycles. The van der Waals surface area contributed by atoms with Crippen LogP contribution in [-0.2, 0) is 5.41 Å². The molecule has 1 heterocycles. The van der Waals surface area contributed by atoms with E-state index in [9.17, 15) is 4.79 Å². The summed E-state index contributed by atoms with van der Waals surface area (Å²) in [5.41, 5.74) is 5.67. The van der Waals surface area contributed by atoms with E-state index in [4.69, 9.17) is 15.4 Å². The molecule has 6 heteroatoms. The number of nitrogens with two attached hydrogens (primary N) is 1. The largest absolute Gasteiger partial charge is 0.475 e. The monoisotopic (exact) mass is 225 g/mol. The van der Waals surface area contributed by atoms with Crippen molar-refractivity contribution in [2.24, 2.45) is 5.73 Å². The minimum absolute atomic E-state index is 0.0525. The lowest BCUT2D eigenvalue weighted by molar-refractivity contribution is 0.0680. The molecule has 1 aliphatic rings. The molecule has 0 amide bonds. The molecule has 3 N–H and O–H groups in total. The Bertz CT molecular complexity index is 404. The third kappa shape index (κ3) is 1.69. The van der Waals surface area contributed by atoms with E-state index in [1.54, 1.807) is 0 Å². The summed E-state index contributed by atoms with van der Waals surface area (Å²) in [7, 11) is 0. The zero-order chi connectivity index (χ0) is 11.8. The third-order valence-corrected chi connectivity index (χ3v) is 3.39. The predicted octanol–water partition coefficient (Wildman–Crippen LogP) is 0.927. The van der Waals surface area contributed by atoms with E-state index < -0.39 is 5.97 Å². The Hall–Kier alpha value is -1.43. The molecule has 2 unspecified atom stereocenters. The molecule has 2 atom stereocenters. The summed E-state index contributed by atoms with van der Waals surface area (Å²) < 4.78 is 5.02. The van der Waals surface area contributed by atoms with Gasteiger partial charge in [-0.05, 0) is 24.9 Å². The summed E-state index contributed by atoms with van der Waals surface area (Å²) in [5, 5.41) is 12.2. The van der Waals surface area contributed by atoms with E-state index >= 15 is 0 Å². The maximum absolute atomic E-state index is 10.7. The zero-order valence-corrected chi connectivity index (χ0v) is 9.14. The number of aromatic nitrogens is 2. The first-order valence-corrected chi connectivity index (χ1v) is 5.37. The minimum atomic E-state index is -1.18. The molecular weight excluding hydrogens is 210 g/mol. The van der Waals surface area contributed by atoms with Crippen molar-refractivity contribution >= 4 is 5.97 Å². The number of rotatable bonds is 2. The van der Waals surface area contributed by atoms with Crippen molar-refractivity contribution in [1.29, 1.82) is 0 Å². The van der Waals surface area contributed by atoms with Gasteiger partial charge in [-0.1, -0.05) is 12.8 Å². The van der Waals surface area contributed by atoms with Crippen molar-refractivity contribution in [2.45, 2.75) is 44.1 Å². The summed E-state index contributed by atoms with van der Waals surface area (Å²) in [6.07, 6.45) is 3.91. The Morgan fingerprint density at radius 2 is 2.38 bits per heavy atom. The SMILES string of the molecule is CC1(c2nc(C(=O)O)no2)CCCCC1N. The lowest BCUT2D eigenvalue weighted by Gasteiger charge is -2.35. The number of carbonyl (C=O) groups is 1. The van der Waals surface area contributed by atoms with Crippen molar-refractivity contribution in [3.05, 3.63) is 11.7 Å². The zero-order valence-electron chi connectivity index (χ0n) is 9.14. The highest BCUT2D eigenvalue weighted by atomic mass is 16.5. The Kier molecular flexibility index (Phi) is 2.67. The maximum atomic E-state index is 10.7. The lowest BCUT2D eigenvalue weighted by atomic mass is 9.72. The molecule has 1 aromatic rings. The number of hydrogen-bond donors (Lipinski definition) is 2. The van der Waals surface area contributed by atoms with Gasteiger partial charge in [0.25, 0.3) is 5.82 Å². The quantitative estimate of drug-likeness (QED) is 0.776. The second-order valence-corrected chi connectivity index (χ2v) is 4.50. The van der Waals surface area contributed by atoms with E-state index in [0.717, 1.165) is 25.7 Å². The summed E-state index contributed by atoms with van der Waals surface area (Å²) in [4.78, 5) is 14.6. The molecule has 0 spiro atoms. The number of carboxylic acid groups (broad SMARTS) is 1. The smallest absolute Gasteiger partial charge is 0.377 e. The number of aromatic carboxylic acids is 1. The molecule has 1 aliphatic carbocycles. The highest BCUT2D eigenvalue weighted by molar-refractivity contribution is 5.82.